The summed E-state index contributed by atoms with van der Waals surface area (Å²) in [6.07, 6.45) is -5.42. The Balaban J connectivity index is 2.04. The monoisotopic (exact) mass is 377 g/mol. The van der Waals surface area contributed by atoms with Crippen LogP contribution in [0.5, 0.6) is 0 Å². The van der Waals surface area contributed by atoms with Crippen molar-refractivity contribution in [3.8, 4) is 0 Å². The van der Waals surface area contributed by atoms with E-state index in [0.29, 0.717) is 6.07 Å². The number of halogens is 4. The first-order valence-electron chi connectivity index (χ1n) is 7.83. The Bertz CT molecular complexity index is 681. The number of hydrogen-bond donors (Lipinski definition) is 3. The molecule has 144 valence electrons. The lowest BCUT2D eigenvalue weighted by atomic mass is 10.0. The number of benzene rings is 1. The summed E-state index contributed by atoms with van der Waals surface area (Å²) in [4.78, 5) is 24.0. The van der Waals surface area contributed by atoms with Crippen LogP contribution >= 0.6 is 0 Å². The largest absolute Gasteiger partial charge is 0.419 e. The van der Waals surface area contributed by atoms with Gasteiger partial charge in [0.05, 0.1) is 30.7 Å². The lowest BCUT2D eigenvalue weighted by Gasteiger charge is -2.31. The first-order valence-corrected chi connectivity index (χ1v) is 7.83. The van der Waals surface area contributed by atoms with Crippen LogP contribution in [0.2, 0.25) is 0 Å². The van der Waals surface area contributed by atoms with E-state index in [9.17, 15) is 27.2 Å². The molecule has 6 nitrogen and oxygen atoms in total. The van der Waals surface area contributed by atoms with E-state index in [1.165, 1.54) is 14.0 Å². The molecule has 10 heteroatoms. The Hall–Kier alpha value is -2.20. The summed E-state index contributed by atoms with van der Waals surface area (Å²) in [6, 6.07) is 0.903. The second-order valence-corrected chi connectivity index (χ2v) is 5.97. The quantitative estimate of drug-likeness (QED) is 0.679. The van der Waals surface area contributed by atoms with Crippen molar-refractivity contribution in [1.29, 1.82) is 0 Å². The van der Waals surface area contributed by atoms with Gasteiger partial charge >= 0.3 is 6.18 Å². The van der Waals surface area contributed by atoms with Crippen LogP contribution in [-0.4, -0.2) is 37.7 Å². The van der Waals surface area contributed by atoms with E-state index in [0.717, 1.165) is 12.1 Å². The maximum absolute atomic E-state index is 13.7. The molecule has 2 amide bonds. The molecule has 1 saturated heterocycles. The molecule has 0 saturated carbocycles. The lowest BCUT2D eigenvalue weighted by Crippen LogP contribution is -2.62. The van der Waals surface area contributed by atoms with Gasteiger partial charge in [0.2, 0.25) is 11.8 Å². The van der Waals surface area contributed by atoms with E-state index in [2.05, 4.69) is 16.0 Å². The van der Waals surface area contributed by atoms with Crippen molar-refractivity contribution < 1.29 is 31.9 Å². The number of amides is 2. The Morgan fingerprint density at radius 3 is 2.69 bits per heavy atom. The molecule has 1 aliphatic rings. The topological polar surface area (TPSA) is 79.5 Å². The SMILES string of the molecule is COCC1NC(=O)CC(C(=O)N[C@H](C)c2ccc(C(F)(F)F)c(F)c2)N1. The zero-order valence-corrected chi connectivity index (χ0v) is 14.1. The molecule has 1 aromatic rings. The average molecular weight is 377 g/mol. The summed E-state index contributed by atoms with van der Waals surface area (Å²) in [5, 5.41) is 8.06. The van der Waals surface area contributed by atoms with Crippen molar-refractivity contribution >= 4 is 11.8 Å². The van der Waals surface area contributed by atoms with Gasteiger partial charge in [-0.1, -0.05) is 6.07 Å². The number of alkyl halides is 3. The van der Waals surface area contributed by atoms with Crippen molar-refractivity contribution in [2.45, 2.75) is 37.8 Å². The molecule has 1 fully saturated rings. The van der Waals surface area contributed by atoms with Crippen LogP contribution in [-0.2, 0) is 20.5 Å². The lowest BCUT2D eigenvalue weighted by molar-refractivity contribution is -0.140. The predicted octanol–water partition coefficient (Wildman–Crippen LogP) is 1.47. The van der Waals surface area contributed by atoms with E-state index in [1.54, 1.807) is 0 Å². The molecule has 0 spiro atoms. The number of methoxy groups -OCH3 is 1. The predicted molar refractivity (Wildman–Crippen MR) is 83.3 cm³/mol. The molecule has 26 heavy (non-hydrogen) atoms. The fourth-order valence-corrected chi connectivity index (χ4v) is 2.63. The van der Waals surface area contributed by atoms with Gasteiger partial charge in [-0.3, -0.25) is 14.9 Å². The smallest absolute Gasteiger partial charge is 0.381 e. The Kier molecular flexibility index (Phi) is 6.19. The van der Waals surface area contributed by atoms with E-state index in [1.807, 2.05) is 0 Å². The highest BCUT2D eigenvalue weighted by Crippen LogP contribution is 2.32. The zero-order valence-electron chi connectivity index (χ0n) is 14.1. The van der Waals surface area contributed by atoms with Crippen LogP contribution in [0.4, 0.5) is 17.6 Å². The standard InChI is InChI=1S/C16H19F4N3O3/c1-8(9-3-4-10(11(17)5-9)16(18,19)20)21-15(25)12-6-14(24)23-13(22-12)7-26-2/h3-5,8,12-13,22H,6-7H2,1-2H3,(H,21,25)(H,23,24)/t8-,12?,13?/m1/s1. The second kappa shape index (κ2) is 8.00. The summed E-state index contributed by atoms with van der Waals surface area (Å²) >= 11 is 0. The van der Waals surface area contributed by atoms with Gasteiger partial charge in [0.15, 0.2) is 0 Å². The summed E-state index contributed by atoms with van der Waals surface area (Å²) < 4.78 is 56.4. The molecule has 2 unspecified atom stereocenters. The fraction of sp³-hybridized carbons (Fsp3) is 0.500. The van der Waals surface area contributed by atoms with Crippen molar-refractivity contribution in [3.63, 3.8) is 0 Å². The van der Waals surface area contributed by atoms with Crippen LogP contribution < -0.4 is 16.0 Å². The first-order chi connectivity index (χ1) is 12.1. The van der Waals surface area contributed by atoms with Gasteiger partial charge in [-0.15, -0.1) is 0 Å². The molecule has 1 aliphatic heterocycles. The normalized spacial score (nSPS) is 21.8. The van der Waals surface area contributed by atoms with Gasteiger partial charge in [-0.25, -0.2) is 4.39 Å². The van der Waals surface area contributed by atoms with Crippen molar-refractivity contribution in [3.05, 3.63) is 35.1 Å². The van der Waals surface area contributed by atoms with E-state index >= 15 is 0 Å². The summed E-state index contributed by atoms with van der Waals surface area (Å²) in [5.41, 5.74) is -1.19. The molecule has 0 radical (unpaired) electrons. The summed E-state index contributed by atoms with van der Waals surface area (Å²) in [7, 11) is 1.44. The maximum atomic E-state index is 13.7. The Labute approximate surface area is 147 Å². The number of hydrogen-bond acceptors (Lipinski definition) is 4. The fourth-order valence-electron chi connectivity index (χ4n) is 2.63. The number of rotatable bonds is 5. The highest BCUT2D eigenvalue weighted by Gasteiger charge is 2.34. The second-order valence-electron chi connectivity index (χ2n) is 5.97. The van der Waals surface area contributed by atoms with Crippen molar-refractivity contribution in [1.82, 2.24) is 16.0 Å². The molecule has 0 bridgehead atoms. The van der Waals surface area contributed by atoms with Gasteiger partial charge in [0, 0.05) is 7.11 Å². The molecule has 0 aromatic heterocycles. The number of ether oxygens (including phenoxy) is 1. The molecular weight excluding hydrogens is 358 g/mol. The highest BCUT2D eigenvalue weighted by atomic mass is 19.4. The van der Waals surface area contributed by atoms with E-state index < -0.39 is 41.7 Å². The summed E-state index contributed by atoms with van der Waals surface area (Å²) in [5.74, 6) is -2.26. The zero-order chi connectivity index (χ0) is 19.5. The van der Waals surface area contributed by atoms with Crippen molar-refractivity contribution in [2.24, 2.45) is 0 Å². The van der Waals surface area contributed by atoms with Crippen LogP contribution in [0.15, 0.2) is 18.2 Å². The van der Waals surface area contributed by atoms with Crippen LogP contribution in [0.25, 0.3) is 0 Å². The Morgan fingerprint density at radius 1 is 1.42 bits per heavy atom. The summed E-state index contributed by atoms with van der Waals surface area (Å²) in [6.45, 7) is 1.67. The molecule has 0 aliphatic carbocycles. The Morgan fingerprint density at radius 2 is 2.12 bits per heavy atom. The third-order valence-electron chi connectivity index (χ3n) is 3.93. The van der Waals surface area contributed by atoms with E-state index in [-0.39, 0.29) is 24.5 Å². The van der Waals surface area contributed by atoms with Crippen molar-refractivity contribution in [2.75, 3.05) is 13.7 Å². The highest BCUT2D eigenvalue weighted by molar-refractivity contribution is 5.89. The average Bonchev–Trinajstić information content (AvgIpc) is 2.53. The third kappa shape index (κ3) is 4.92. The molecular formula is C16H19F4N3O3. The van der Waals surface area contributed by atoms with Gasteiger partial charge in [0.25, 0.3) is 0 Å². The molecule has 2 rings (SSSR count). The van der Waals surface area contributed by atoms with Crippen LogP contribution in [0, 0.1) is 5.82 Å². The third-order valence-corrected chi connectivity index (χ3v) is 3.93. The molecule has 3 atom stereocenters. The minimum Gasteiger partial charge on any atom is -0.381 e. The number of nitrogens with one attached hydrogen (secondary N) is 3. The minimum atomic E-state index is -4.79. The van der Waals surface area contributed by atoms with Gasteiger partial charge in [-0.05, 0) is 24.6 Å². The minimum absolute atomic E-state index is 0.0971. The maximum Gasteiger partial charge on any atom is 0.419 e. The molecule has 1 heterocycles. The number of carbonyl (C=O) groups excluding carboxylic acids is 2. The van der Waals surface area contributed by atoms with Gasteiger partial charge in [0.1, 0.15) is 12.0 Å². The number of carbonyl (C=O) groups is 2. The molecule has 3 N–H and O–H groups in total. The van der Waals surface area contributed by atoms with Crippen LogP contribution in [0.3, 0.4) is 0 Å². The van der Waals surface area contributed by atoms with Gasteiger partial charge < -0.3 is 15.4 Å². The van der Waals surface area contributed by atoms with Crippen LogP contribution in [0.1, 0.15) is 30.5 Å². The first kappa shape index (κ1) is 20.1. The molecule has 1 aromatic carbocycles. The van der Waals surface area contributed by atoms with E-state index in [4.69, 9.17) is 4.74 Å². The van der Waals surface area contributed by atoms with Gasteiger partial charge in [-0.2, -0.15) is 13.2 Å².